The summed E-state index contributed by atoms with van der Waals surface area (Å²) in [7, 11) is 0. The number of rotatable bonds is 5. The van der Waals surface area contributed by atoms with Crippen molar-refractivity contribution in [1.82, 2.24) is 0 Å². The number of benzene rings is 2. The fourth-order valence-corrected chi connectivity index (χ4v) is 2.16. The quantitative estimate of drug-likeness (QED) is 0.852. The van der Waals surface area contributed by atoms with Crippen LogP contribution in [0.15, 0.2) is 42.5 Å². The summed E-state index contributed by atoms with van der Waals surface area (Å²) in [5.41, 5.74) is 1.97. The van der Waals surface area contributed by atoms with E-state index in [-0.39, 0.29) is 18.3 Å². The van der Waals surface area contributed by atoms with E-state index >= 15 is 0 Å². The first-order valence-electron chi connectivity index (χ1n) is 6.75. The third kappa shape index (κ3) is 4.33. The summed E-state index contributed by atoms with van der Waals surface area (Å²) in [5.74, 6) is 0.260. The van der Waals surface area contributed by atoms with E-state index in [0.717, 1.165) is 5.56 Å². The van der Waals surface area contributed by atoms with Crippen LogP contribution in [-0.4, -0.2) is 18.3 Å². The fourth-order valence-electron chi connectivity index (χ4n) is 1.93. The van der Waals surface area contributed by atoms with Crippen LogP contribution in [-0.2, 0) is 4.79 Å². The number of hydrogen-bond donors (Lipinski definition) is 1. The molecule has 0 fully saturated rings. The number of anilines is 1. The van der Waals surface area contributed by atoms with Gasteiger partial charge in [-0.25, -0.2) is 0 Å². The van der Waals surface area contributed by atoms with Crippen LogP contribution in [0.25, 0.3) is 0 Å². The van der Waals surface area contributed by atoms with Gasteiger partial charge in [-0.15, -0.1) is 0 Å². The van der Waals surface area contributed by atoms with Crippen LogP contribution in [0.1, 0.15) is 22.8 Å². The largest absolute Gasteiger partial charge is 0.483 e. The van der Waals surface area contributed by atoms with Crippen LogP contribution in [0.3, 0.4) is 0 Å². The fraction of sp³-hybridized carbons (Fsp3) is 0.176. The van der Waals surface area contributed by atoms with Gasteiger partial charge in [-0.05, 0) is 49.7 Å². The van der Waals surface area contributed by atoms with Crippen molar-refractivity contribution in [2.75, 3.05) is 11.9 Å². The molecule has 4 nitrogen and oxygen atoms in total. The lowest BCUT2D eigenvalue weighted by atomic mass is 10.1. The Balaban J connectivity index is 1.95. The second-order valence-electron chi connectivity index (χ2n) is 4.88. The molecule has 0 spiro atoms. The predicted molar refractivity (Wildman–Crippen MR) is 86.8 cm³/mol. The van der Waals surface area contributed by atoms with E-state index in [1.807, 2.05) is 6.92 Å². The number of nitrogens with one attached hydrogen (secondary N) is 1. The topological polar surface area (TPSA) is 55.4 Å². The molecular weight excluding hydrogens is 302 g/mol. The molecular formula is C17H16ClNO3. The Morgan fingerprint density at radius 3 is 2.64 bits per heavy atom. The third-order valence-electron chi connectivity index (χ3n) is 3.05. The molecule has 2 rings (SSSR count). The van der Waals surface area contributed by atoms with Crippen LogP contribution in [0.5, 0.6) is 5.75 Å². The number of Topliss-reactive ketones (excluding diaryl/α,β-unsaturated/α-hetero) is 1. The van der Waals surface area contributed by atoms with E-state index < -0.39 is 0 Å². The third-order valence-corrected chi connectivity index (χ3v) is 3.28. The number of halogens is 1. The van der Waals surface area contributed by atoms with Gasteiger partial charge in [-0.1, -0.05) is 23.7 Å². The Morgan fingerprint density at radius 1 is 1.18 bits per heavy atom. The molecule has 0 atom stereocenters. The van der Waals surface area contributed by atoms with E-state index in [9.17, 15) is 9.59 Å². The lowest BCUT2D eigenvalue weighted by Crippen LogP contribution is -2.20. The average molecular weight is 318 g/mol. The molecule has 0 aliphatic rings. The molecule has 0 aliphatic heterocycles. The summed E-state index contributed by atoms with van der Waals surface area (Å²) in [6.07, 6.45) is 0. The van der Waals surface area contributed by atoms with Crippen LogP contribution < -0.4 is 10.1 Å². The van der Waals surface area contributed by atoms with Gasteiger partial charge in [0.2, 0.25) is 0 Å². The summed E-state index contributed by atoms with van der Waals surface area (Å²) in [5, 5.41) is 3.32. The van der Waals surface area contributed by atoms with E-state index in [0.29, 0.717) is 22.0 Å². The van der Waals surface area contributed by atoms with Crippen molar-refractivity contribution in [3.8, 4) is 5.75 Å². The van der Waals surface area contributed by atoms with E-state index in [1.165, 1.54) is 6.92 Å². The van der Waals surface area contributed by atoms with E-state index in [4.69, 9.17) is 16.3 Å². The highest BCUT2D eigenvalue weighted by Crippen LogP contribution is 2.21. The van der Waals surface area contributed by atoms with Crippen molar-refractivity contribution in [3.63, 3.8) is 0 Å². The molecule has 0 saturated carbocycles. The number of hydrogen-bond acceptors (Lipinski definition) is 3. The van der Waals surface area contributed by atoms with Gasteiger partial charge in [-0.3, -0.25) is 9.59 Å². The standard InChI is InChI=1S/C17H16ClNO3/c1-11-8-14(18)6-7-16(11)22-10-17(21)19-15-5-3-4-13(9-15)12(2)20/h3-9H,10H2,1-2H3,(H,19,21). The minimum absolute atomic E-state index is 0.0517. The molecule has 0 heterocycles. The van der Waals surface area contributed by atoms with Crippen molar-refractivity contribution in [2.24, 2.45) is 0 Å². The zero-order chi connectivity index (χ0) is 16.1. The van der Waals surface area contributed by atoms with E-state index in [1.54, 1.807) is 42.5 Å². The Hall–Kier alpha value is -2.33. The number of ketones is 1. The molecule has 0 unspecified atom stereocenters. The van der Waals surface area contributed by atoms with Gasteiger partial charge < -0.3 is 10.1 Å². The van der Waals surface area contributed by atoms with Crippen LogP contribution in [0.2, 0.25) is 5.02 Å². The number of carbonyl (C=O) groups excluding carboxylic acids is 2. The molecule has 2 aromatic carbocycles. The van der Waals surface area contributed by atoms with Crippen molar-refractivity contribution in [1.29, 1.82) is 0 Å². The summed E-state index contributed by atoms with van der Waals surface area (Å²) < 4.78 is 5.47. The summed E-state index contributed by atoms with van der Waals surface area (Å²) in [6.45, 7) is 3.22. The average Bonchev–Trinajstić information content (AvgIpc) is 2.46. The van der Waals surface area contributed by atoms with Crippen molar-refractivity contribution in [2.45, 2.75) is 13.8 Å². The van der Waals surface area contributed by atoms with Gasteiger partial charge in [0.25, 0.3) is 5.91 Å². The van der Waals surface area contributed by atoms with Crippen molar-refractivity contribution < 1.29 is 14.3 Å². The van der Waals surface area contributed by atoms with E-state index in [2.05, 4.69) is 5.32 Å². The number of aryl methyl sites for hydroxylation is 1. The minimum atomic E-state index is -0.296. The van der Waals surface area contributed by atoms with Gasteiger partial charge in [0.1, 0.15) is 5.75 Å². The molecule has 0 saturated heterocycles. The molecule has 5 heteroatoms. The highest BCUT2D eigenvalue weighted by atomic mass is 35.5. The highest BCUT2D eigenvalue weighted by Gasteiger charge is 2.07. The normalized spacial score (nSPS) is 10.1. The first kappa shape index (κ1) is 16.0. The summed E-state index contributed by atoms with van der Waals surface area (Å²) in [6, 6.07) is 12.0. The highest BCUT2D eigenvalue weighted by molar-refractivity contribution is 6.30. The number of amides is 1. The Kier molecular flexibility index (Phi) is 5.17. The smallest absolute Gasteiger partial charge is 0.262 e. The molecule has 0 aliphatic carbocycles. The second kappa shape index (κ2) is 7.09. The first-order chi connectivity index (χ1) is 10.5. The second-order valence-corrected chi connectivity index (χ2v) is 5.32. The van der Waals surface area contributed by atoms with Gasteiger partial charge in [0.05, 0.1) is 0 Å². The molecule has 1 amide bonds. The van der Waals surface area contributed by atoms with Crippen LogP contribution in [0.4, 0.5) is 5.69 Å². The summed E-state index contributed by atoms with van der Waals surface area (Å²) in [4.78, 5) is 23.2. The molecule has 1 N–H and O–H groups in total. The zero-order valence-corrected chi connectivity index (χ0v) is 13.1. The lowest BCUT2D eigenvalue weighted by molar-refractivity contribution is -0.118. The van der Waals surface area contributed by atoms with Gasteiger partial charge >= 0.3 is 0 Å². The molecule has 0 radical (unpaired) electrons. The molecule has 2 aromatic rings. The Morgan fingerprint density at radius 2 is 1.95 bits per heavy atom. The maximum atomic E-state index is 11.9. The molecule has 22 heavy (non-hydrogen) atoms. The minimum Gasteiger partial charge on any atom is -0.483 e. The zero-order valence-electron chi connectivity index (χ0n) is 12.4. The number of ether oxygens (including phenoxy) is 1. The molecule has 114 valence electrons. The molecule has 0 bridgehead atoms. The lowest BCUT2D eigenvalue weighted by Gasteiger charge is -2.10. The van der Waals surface area contributed by atoms with Crippen LogP contribution in [0, 0.1) is 6.92 Å². The Labute approximate surface area is 134 Å². The van der Waals surface area contributed by atoms with Crippen molar-refractivity contribution >= 4 is 29.0 Å². The van der Waals surface area contributed by atoms with Gasteiger partial charge in [0, 0.05) is 16.3 Å². The summed E-state index contributed by atoms with van der Waals surface area (Å²) >= 11 is 5.86. The van der Waals surface area contributed by atoms with Gasteiger partial charge in [-0.2, -0.15) is 0 Å². The molecule has 0 aromatic heterocycles. The maximum absolute atomic E-state index is 11.9. The first-order valence-corrected chi connectivity index (χ1v) is 7.13. The predicted octanol–water partition coefficient (Wildman–Crippen LogP) is 3.87. The van der Waals surface area contributed by atoms with Crippen LogP contribution >= 0.6 is 11.6 Å². The SMILES string of the molecule is CC(=O)c1cccc(NC(=O)COc2ccc(Cl)cc2C)c1. The van der Waals surface area contributed by atoms with Gasteiger partial charge in [0.15, 0.2) is 12.4 Å². The monoisotopic (exact) mass is 317 g/mol. The Bertz CT molecular complexity index is 713. The number of carbonyl (C=O) groups is 2. The maximum Gasteiger partial charge on any atom is 0.262 e. The van der Waals surface area contributed by atoms with Crippen molar-refractivity contribution in [3.05, 3.63) is 58.6 Å².